The van der Waals surface area contributed by atoms with Crippen molar-refractivity contribution in [3.05, 3.63) is 0 Å². The first-order valence-corrected chi connectivity index (χ1v) is 7.73. The molecule has 0 bridgehead atoms. The SMILES string of the molecule is CC(C)(O)CCN1CCC(N2CCCCC2)CC1. The number of hydrogen-bond acceptors (Lipinski definition) is 3. The van der Waals surface area contributed by atoms with Gasteiger partial charge in [-0.15, -0.1) is 0 Å². The molecule has 0 amide bonds. The number of rotatable bonds is 4. The smallest absolute Gasteiger partial charge is 0.0603 e. The maximum Gasteiger partial charge on any atom is 0.0603 e. The molecule has 0 radical (unpaired) electrons. The Hall–Kier alpha value is -0.120. The highest BCUT2D eigenvalue weighted by Gasteiger charge is 2.26. The molecule has 0 atom stereocenters. The van der Waals surface area contributed by atoms with Gasteiger partial charge < -0.3 is 14.9 Å². The van der Waals surface area contributed by atoms with Gasteiger partial charge in [0.15, 0.2) is 0 Å². The minimum atomic E-state index is -0.510. The zero-order valence-corrected chi connectivity index (χ0v) is 12.2. The van der Waals surface area contributed by atoms with E-state index in [-0.39, 0.29) is 0 Å². The zero-order chi connectivity index (χ0) is 13.0. The predicted molar refractivity (Wildman–Crippen MR) is 75.8 cm³/mol. The van der Waals surface area contributed by atoms with Crippen LogP contribution in [0.5, 0.6) is 0 Å². The van der Waals surface area contributed by atoms with Gasteiger partial charge >= 0.3 is 0 Å². The van der Waals surface area contributed by atoms with E-state index in [0.717, 1.165) is 19.0 Å². The van der Waals surface area contributed by atoms with Crippen LogP contribution in [0.4, 0.5) is 0 Å². The van der Waals surface area contributed by atoms with Gasteiger partial charge in [0.2, 0.25) is 0 Å². The lowest BCUT2D eigenvalue weighted by molar-refractivity contribution is 0.0442. The van der Waals surface area contributed by atoms with Crippen LogP contribution in [0, 0.1) is 0 Å². The topological polar surface area (TPSA) is 26.7 Å². The fourth-order valence-electron chi connectivity index (χ4n) is 3.22. The molecule has 0 spiro atoms. The molecule has 2 fully saturated rings. The van der Waals surface area contributed by atoms with E-state index >= 15 is 0 Å². The van der Waals surface area contributed by atoms with Crippen molar-refractivity contribution in [1.82, 2.24) is 9.80 Å². The first kappa shape index (κ1) is 14.3. The summed E-state index contributed by atoms with van der Waals surface area (Å²) in [4.78, 5) is 5.25. The molecule has 0 aromatic heterocycles. The summed E-state index contributed by atoms with van der Waals surface area (Å²) in [5, 5.41) is 9.77. The highest BCUT2D eigenvalue weighted by atomic mass is 16.3. The van der Waals surface area contributed by atoms with Crippen molar-refractivity contribution in [3.63, 3.8) is 0 Å². The Morgan fingerprint density at radius 2 is 1.61 bits per heavy atom. The Balaban J connectivity index is 1.67. The third-order valence-corrected chi connectivity index (χ3v) is 4.50. The highest BCUT2D eigenvalue weighted by Crippen LogP contribution is 2.21. The molecule has 18 heavy (non-hydrogen) atoms. The molecule has 106 valence electrons. The van der Waals surface area contributed by atoms with E-state index in [1.165, 1.54) is 58.3 Å². The summed E-state index contributed by atoms with van der Waals surface area (Å²) in [5.74, 6) is 0. The molecule has 0 aliphatic carbocycles. The lowest BCUT2D eigenvalue weighted by Crippen LogP contribution is -2.47. The lowest BCUT2D eigenvalue weighted by atomic mass is 9.98. The van der Waals surface area contributed by atoms with Crippen molar-refractivity contribution in [3.8, 4) is 0 Å². The average molecular weight is 254 g/mol. The maximum atomic E-state index is 9.77. The summed E-state index contributed by atoms with van der Waals surface area (Å²) in [6.07, 6.45) is 7.78. The van der Waals surface area contributed by atoms with E-state index in [1.54, 1.807) is 0 Å². The first-order chi connectivity index (χ1) is 8.54. The molecule has 2 rings (SSSR count). The van der Waals surface area contributed by atoms with Gasteiger partial charge in [0.25, 0.3) is 0 Å². The van der Waals surface area contributed by atoms with Crippen LogP contribution in [0.15, 0.2) is 0 Å². The van der Waals surface area contributed by atoms with E-state index < -0.39 is 5.60 Å². The molecule has 0 saturated carbocycles. The first-order valence-electron chi connectivity index (χ1n) is 7.73. The van der Waals surface area contributed by atoms with Gasteiger partial charge in [-0.3, -0.25) is 0 Å². The van der Waals surface area contributed by atoms with Gasteiger partial charge in [-0.1, -0.05) is 6.42 Å². The highest BCUT2D eigenvalue weighted by molar-refractivity contribution is 4.82. The van der Waals surface area contributed by atoms with Gasteiger partial charge in [-0.25, -0.2) is 0 Å². The number of likely N-dealkylation sites (tertiary alicyclic amines) is 2. The molecule has 2 heterocycles. The second kappa shape index (κ2) is 6.36. The summed E-state index contributed by atoms with van der Waals surface area (Å²) in [6, 6.07) is 0.837. The van der Waals surface area contributed by atoms with Crippen molar-refractivity contribution in [2.45, 2.75) is 64.0 Å². The minimum Gasteiger partial charge on any atom is -0.390 e. The van der Waals surface area contributed by atoms with Crippen LogP contribution in [0.3, 0.4) is 0 Å². The molecule has 0 aromatic carbocycles. The van der Waals surface area contributed by atoms with E-state index in [0.29, 0.717) is 0 Å². The molecule has 2 aliphatic heterocycles. The van der Waals surface area contributed by atoms with Crippen molar-refractivity contribution < 1.29 is 5.11 Å². The Labute approximate surface area is 112 Å². The Morgan fingerprint density at radius 3 is 2.17 bits per heavy atom. The van der Waals surface area contributed by atoms with Crippen LogP contribution in [-0.4, -0.2) is 59.3 Å². The second-order valence-electron chi connectivity index (χ2n) is 6.73. The van der Waals surface area contributed by atoms with Crippen LogP contribution in [-0.2, 0) is 0 Å². The molecule has 0 aromatic rings. The molecule has 0 unspecified atom stereocenters. The van der Waals surface area contributed by atoms with Crippen LogP contribution < -0.4 is 0 Å². The monoisotopic (exact) mass is 254 g/mol. The van der Waals surface area contributed by atoms with E-state index in [9.17, 15) is 5.11 Å². The third-order valence-electron chi connectivity index (χ3n) is 4.50. The number of aliphatic hydroxyl groups is 1. The Bertz CT molecular complexity index is 235. The standard InChI is InChI=1S/C15H30N2O/c1-15(2,18)8-13-16-11-6-14(7-12-16)17-9-4-3-5-10-17/h14,18H,3-13H2,1-2H3. The van der Waals surface area contributed by atoms with Gasteiger partial charge in [-0.2, -0.15) is 0 Å². The summed E-state index contributed by atoms with van der Waals surface area (Å²) in [7, 11) is 0. The van der Waals surface area contributed by atoms with Gasteiger partial charge in [0.1, 0.15) is 0 Å². The van der Waals surface area contributed by atoms with Gasteiger partial charge in [-0.05, 0) is 72.1 Å². The molecule has 2 saturated heterocycles. The Kier molecular flexibility index (Phi) is 5.05. The van der Waals surface area contributed by atoms with Crippen LogP contribution in [0.2, 0.25) is 0 Å². The number of piperidine rings is 2. The van der Waals surface area contributed by atoms with Crippen molar-refractivity contribution in [2.24, 2.45) is 0 Å². The minimum absolute atomic E-state index is 0.510. The molecule has 3 nitrogen and oxygen atoms in total. The largest absolute Gasteiger partial charge is 0.390 e. The van der Waals surface area contributed by atoms with Crippen molar-refractivity contribution in [1.29, 1.82) is 0 Å². The van der Waals surface area contributed by atoms with E-state index in [4.69, 9.17) is 0 Å². The van der Waals surface area contributed by atoms with Crippen molar-refractivity contribution in [2.75, 3.05) is 32.7 Å². The summed E-state index contributed by atoms with van der Waals surface area (Å²) >= 11 is 0. The summed E-state index contributed by atoms with van der Waals surface area (Å²) < 4.78 is 0. The fraction of sp³-hybridized carbons (Fsp3) is 1.00. The molecule has 2 aliphatic rings. The maximum absolute atomic E-state index is 9.77. The third kappa shape index (κ3) is 4.52. The van der Waals surface area contributed by atoms with Gasteiger partial charge in [0, 0.05) is 12.6 Å². The number of hydrogen-bond donors (Lipinski definition) is 1. The van der Waals surface area contributed by atoms with E-state index in [1.807, 2.05) is 13.8 Å². The normalized spacial score (nSPS) is 25.5. The second-order valence-corrected chi connectivity index (χ2v) is 6.73. The molecule has 1 N–H and O–H groups in total. The summed E-state index contributed by atoms with van der Waals surface area (Å²) in [6.45, 7) is 9.97. The van der Waals surface area contributed by atoms with Gasteiger partial charge in [0.05, 0.1) is 5.60 Å². The van der Waals surface area contributed by atoms with E-state index in [2.05, 4.69) is 9.80 Å². The van der Waals surface area contributed by atoms with Crippen LogP contribution in [0.1, 0.15) is 52.4 Å². The zero-order valence-electron chi connectivity index (χ0n) is 12.2. The number of nitrogens with zero attached hydrogens (tertiary/aromatic N) is 2. The van der Waals surface area contributed by atoms with Crippen LogP contribution in [0.25, 0.3) is 0 Å². The molecule has 3 heteroatoms. The van der Waals surface area contributed by atoms with Crippen molar-refractivity contribution >= 4 is 0 Å². The van der Waals surface area contributed by atoms with Crippen LogP contribution >= 0.6 is 0 Å². The average Bonchev–Trinajstić information content (AvgIpc) is 2.37. The quantitative estimate of drug-likeness (QED) is 0.832. The summed E-state index contributed by atoms with van der Waals surface area (Å²) in [5.41, 5.74) is -0.510. The molecular weight excluding hydrogens is 224 g/mol. The fourth-order valence-corrected chi connectivity index (χ4v) is 3.22. The molecular formula is C15H30N2O. The Morgan fingerprint density at radius 1 is 1.00 bits per heavy atom. The lowest BCUT2D eigenvalue weighted by Gasteiger charge is -2.40. The predicted octanol–water partition coefficient (Wildman–Crippen LogP) is 2.10.